The Morgan fingerprint density at radius 2 is 2.06 bits per heavy atom. The molecule has 0 aromatic heterocycles. The lowest BCUT2D eigenvalue weighted by Gasteiger charge is -2.18. The van der Waals surface area contributed by atoms with Crippen LogP contribution in [0.1, 0.15) is 32.8 Å². The molecule has 0 saturated carbocycles. The third kappa shape index (κ3) is 5.99. The summed E-state index contributed by atoms with van der Waals surface area (Å²) >= 11 is 0. The molecule has 1 rings (SSSR count). The fourth-order valence-corrected chi connectivity index (χ4v) is 1.28. The maximum atomic E-state index is 8.62. The van der Waals surface area contributed by atoms with Crippen molar-refractivity contribution in [1.82, 2.24) is 0 Å². The molecule has 92 valence electrons. The molecule has 0 aliphatic heterocycles. The Hall–Kier alpha value is -1.46. The fourth-order valence-electron chi connectivity index (χ4n) is 1.28. The molecule has 0 aliphatic carbocycles. The van der Waals surface area contributed by atoms with Crippen LogP contribution in [0.5, 0.6) is 5.75 Å². The molecule has 0 saturated heterocycles. The SMILES string of the molecule is CC(C)(C)CCOc1cccc(C#CCO)c1. The molecule has 0 amide bonds. The standard InChI is InChI=1S/C15H20O2/c1-15(2,3)9-11-17-14-8-4-6-13(12-14)7-5-10-16/h4,6,8,12,16H,9-11H2,1-3H3. The quantitative estimate of drug-likeness (QED) is 0.812. The number of rotatable bonds is 3. The predicted molar refractivity (Wildman–Crippen MR) is 70.0 cm³/mol. The Balaban J connectivity index is 2.54. The first-order valence-corrected chi connectivity index (χ1v) is 5.84. The minimum Gasteiger partial charge on any atom is -0.494 e. The van der Waals surface area contributed by atoms with Crippen molar-refractivity contribution in [2.75, 3.05) is 13.2 Å². The van der Waals surface area contributed by atoms with E-state index >= 15 is 0 Å². The summed E-state index contributed by atoms with van der Waals surface area (Å²) in [6.45, 7) is 7.17. The number of aliphatic hydroxyl groups is 1. The molecular weight excluding hydrogens is 212 g/mol. The average molecular weight is 232 g/mol. The van der Waals surface area contributed by atoms with Crippen molar-refractivity contribution in [1.29, 1.82) is 0 Å². The zero-order chi connectivity index (χ0) is 12.7. The number of ether oxygens (including phenoxy) is 1. The molecule has 17 heavy (non-hydrogen) atoms. The Bertz CT molecular complexity index is 405. The van der Waals surface area contributed by atoms with Crippen molar-refractivity contribution in [2.24, 2.45) is 5.41 Å². The van der Waals surface area contributed by atoms with E-state index in [2.05, 4.69) is 32.6 Å². The average Bonchev–Trinajstić information content (AvgIpc) is 2.25. The van der Waals surface area contributed by atoms with Gasteiger partial charge in [0.05, 0.1) is 6.61 Å². The highest BCUT2D eigenvalue weighted by Crippen LogP contribution is 2.19. The molecule has 0 heterocycles. The van der Waals surface area contributed by atoms with E-state index in [-0.39, 0.29) is 12.0 Å². The van der Waals surface area contributed by atoms with Crippen LogP contribution in [0.3, 0.4) is 0 Å². The summed E-state index contributed by atoms with van der Waals surface area (Å²) in [5, 5.41) is 8.62. The van der Waals surface area contributed by atoms with Gasteiger partial charge in [-0.25, -0.2) is 0 Å². The maximum Gasteiger partial charge on any atom is 0.120 e. The third-order valence-electron chi connectivity index (χ3n) is 2.27. The number of benzene rings is 1. The highest BCUT2D eigenvalue weighted by atomic mass is 16.5. The molecule has 0 radical (unpaired) electrons. The van der Waals surface area contributed by atoms with Crippen LogP contribution in [0.2, 0.25) is 0 Å². The lowest BCUT2D eigenvalue weighted by molar-refractivity contribution is 0.243. The second-order valence-corrected chi connectivity index (χ2v) is 5.15. The molecule has 0 unspecified atom stereocenters. The minimum atomic E-state index is -0.116. The van der Waals surface area contributed by atoms with Gasteiger partial charge in [-0.1, -0.05) is 38.7 Å². The first-order valence-electron chi connectivity index (χ1n) is 5.84. The van der Waals surface area contributed by atoms with Crippen LogP contribution in [-0.4, -0.2) is 18.3 Å². The van der Waals surface area contributed by atoms with Gasteiger partial charge in [-0.3, -0.25) is 0 Å². The third-order valence-corrected chi connectivity index (χ3v) is 2.27. The van der Waals surface area contributed by atoms with Gasteiger partial charge in [0.2, 0.25) is 0 Å². The van der Waals surface area contributed by atoms with Crippen LogP contribution in [-0.2, 0) is 0 Å². The Morgan fingerprint density at radius 3 is 2.71 bits per heavy atom. The van der Waals surface area contributed by atoms with Gasteiger partial charge in [0.25, 0.3) is 0 Å². The molecule has 0 bridgehead atoms. The van der Waals surface area contributed by atoms with Gasteiger partial charge in [0.1, 0.15) is 12.4 Å². The first-order chi connectivity index (χ1) is 8.01. The molecule has 1 aromatic rings. The van der Waals surface area contributed by atoms with E-state index in [4.69, 9.17) is 9.84 Å². The van der Waals surface area contributed by atoms with Crippen LogP contribution in [0.4, 0.5) is 0 Å². The second-order valence-electron chi connectivity index (χ2n) is 5.15. The molecule has 0 aliphatic rings. The normalized spacial score (nSPS) is 10.6. The molecule has 0 fully saturated rings. The Labute approximate surface area is 104 Å². The number of hydrogen-bond acceptors (Lipinski definition) is 2. The smallest absolute Gasteiger partial charge is 0.120 e. The van der Waals surface area contributed by atoms with E-state index in [1.807, 2.05) is 24.3 Å². The van der Waals surface area contributed by atoms with E-state index < -0.39 is 0 Å². The van der Waals surface area contributed by atoms with Gasteiger partial charge in [-0.15, -0.1) is 0 Å². The van der Waals surface area contributed by atoms with Gasteiger partial charge in [-0.2, -0.15) is 0 Å². The van der Waals surface area contributed by atoms with Gasteiger partial charge in [-0.05, 0) is 30.0 Å². The summed E-state index contributed by atoms with van der Waals surface area (Å²) in [5.41, 5.74) is 1.15. The van der Waals surface area contributed by atoms with Gasteiger partial charge >= 0.3 is 0 Å². The zero-order valence-electron chi connectivity index (χ0n) is 10.8. The van der Waals surface area contributed by atoms with E-state index in [1.165, 1.54) is 0 Å². The van der Waals surface area contributed by atoms with Gasteiger partial charge in [0, 0.05) is 5.56 Å². The van der Waals surface area contributed by atoms with Crippen molar-refractivity contribution in [2.45, 2.75) is 27.2 Å². The minimum absolute atomic E-state index is 0.116. The lowest BCUT2D eigenvalue weighted by Crippen LogP contribution is -2.11. The molecular formula is C15H20O2. The summed E-state index contributed by atoms with van der Waals surface area (Å²) < 4.78 is 5.67. The lowest BCUT2D eigenvalue weighted by atomic mass is 9.93. The summed E-state index contributed by atoms with van der Waals surface area (Å²) in [6.07, 6.45) is 1.01. The summed E-state index contributed by atoms with van der Waals surface area (Å²) in [4.78, 5) is 0. The molecule has 2 nitrogen and oxygen atoms in total. The Kier molecular flexibility index (Phi) is 5.06. The first kappa shape index (κ1) is 13.6. The number of aliphatic hydroxyl groups excluding tert-OH is 1. The molecule has 1 N–H and O–H groups in total. The van der Waals surface area contributed by atoms with E-state index in [9.17, 15) is 0 Å². The van der Waals surface area contributed by atoms with Crippen molar-refractivity contribution in [3.8, 4) is 17.6 Å². The van der Waals surface area contributed by atoms with E-state index in [1.54, 1.807) is 0 Å². The topological polar surface area (TPSA) is 29.5 Å². The predicted octanol–water partition coefficient (Wildman–Crippen LogP) is 2.85. The van der Waals surface area contributed by atoms with Crippen LogP contribution in [0.25, 0.3) is 0 Å². The highest BCUT2D eigenvalue weighted by Gasteiger charge is 2.09. The van der Waals surface area contributed by atoms with Crippen molar-refractivity contribution >= 4 is 0 Å². The van der Waals surface area contributed by atoms with Gasteiger partial charge in [0.15, 0.2) is 0 Å². The van der Waals surface area contributed by atoms with E-state index in [0.29, 0.717) is 6.61 Å². The molecule has 0 atom stereocenters. The number of hydrogen-bond donors (Lipinski definition) is 1. The van der Waals surface area contributed by atoms with Crippen molar-refractivity contribution in [3.63, 3.8) is 0 Å². The fraction of sp³-hybridized carbons (Fsp3) is 0.467. The van der Waals surface area contributed by atoms with Crippen molar-refractivity contribution in [3.05, 3.63) is 29.8 Å². The maximum absolute atomic E-state index is 8.62. The summed E-state index contributed by atoms with van der Waals surface area (Å²) in [7, 11) is 0. The summed E-state index contributed by atoms with van der Waals surface area (Å²) in [5.74, 6) is 6.32. The molecule has 2 heteroatoms. The van der Waals surface area contributed by atoms with Crippen LogP contribution < -0.4 is 4.74 Å². The van der Waals surface area contributed by atoms with Gasteiger partial charge < -0.3 is 9.84 Å². The van der Waals surface area contributed by atoms with E-state index in [0.717, 1.165) is 17.7 Å². The second kappa shape index (κ2) is 6.32. The Morgan fingerprint density at radius 1 is 1.29 bits per heavy atom. The zero-order valence-corrected chi connectivity index (χ0v) is 10.8. The monoisotopic (exact) mass is 232 g/mol. The molecule has 0 spiro atoms. The summed E-state index contributed by atoms with van der Waals surface area (Å²) in [6, 6.07) is 7.63. The highest BCUT2D eigenvalue weighted by molar-refractivity contribution is 5.39. The van der Waals surface area contributed by atoms with Crippen LogP contribution in [0.15, 0.2) is 24.3 Å². The van der Waals surface area contributed by atoms with Crippen LogP contribution >= 0.6 is 0 Å². The van der Waals surface area contributed by atoms with Crippen molar-refractivity contribution < 1.29 is 9.84 Å². The largest absolute Gasteiger partial charge is 0.494 e. The molecule has 1 aromatic carbocycles. The van der Waals surface area contributed by atoms with Crippen LogP contribution in [0, 0.1) is 17.3 Å².